The van der Waals surface area contributed by atoms with E-state index in [2.05, 4.69) is 10.1 Å². The van der Waals surface area contributed by atoms with Crippen molar-refractivity contribution in [2.45, 2.75) is 50.7 Å². The van der Waals surface area contributed by atoms with Gasteiger partial charge in [-0.3, -0.25) is 19.3 Å². The standard InChI is InChI=1S/C23H29N5O3/c1-26-19-14-23(31-16-18(19)21(25-26)22(30)28-9-2-3-10-28)6-11-27(12-7-23)20(29)13-17-5-4-8-24-15-17/h4-5,8,15H,2-3,6-7,9-14,16H2,1H3. The Labute approximate surface area is 182 Å². The van der Waals surface area contributed by atoms with E-state index in [9.17, 15) is 9.59 Å². The minimum Gasteiger partial charge on any atom is -0.370 e. The van der Waals surface area contributed by atoms with E-state index in [4.69, 9.17) is 4.74 Å². The van der Waals surface area contributed by atoms with E-state index < -0.39 is 0 Å². The fourth-order valence-corrected chi connectivity index (χ4v) is 5.07. The lowest BCUT2D eigenvalue weighted by atomic mass is 9.83. The first-order valence-electron chi connectivity index (χ1n) is 11.2. The van der Waals surface area contributed by atoms with Gasteiger partial charge in [0.15, 0.2) is 5.69 Å². The maximum Gasteiger partial charge on any atom is 0.274 e. The molecule has 2 fully saturated rings. The fourth-order valence-electron chi connectivity index (χ4n) is 5.07. The molecule has 3 aliphatic rings. The molecule has 8 heteroatoms. The molecule has 2 aromatic rings. The van der Waals surface area contributed by atoms with Gasteiger partial charge in [0.25, 0.3) is 5.91 Å². The van der Waals surface area contributed by atoms with Crippen LogP contribution in [0.25, 0.3) is 0 Å². The first kappa shape index (κ1) is 20.2. The number of carbonyl (C=O) groups excluding carboxylic acids is 2. The van der Waals surface area contributed by atoms with Crippen molar-refractivity contribution in [3.05, 3.63) is 47.0 Å². The van der Waals surface area contributed by atoms with Crippen LogP contribution < -0.4 is 0 Å². The lowest BCUT2D eigenvalue weighted by Gasteiger charge is -2.44. The number of aromatic nitrogens is 3. The van der Waals surface area contributed by atoms with E-state index in [1.165, 1.54) is 0 Å². The molecule has 31 heavy (non-hydrogen) atoms. The van der Waals surface area contributed by atoms with Gasteiger partial charge >= 0.3 is 0 Å². The van der Waals surface area contributed by atoms with Crippen molar-refractivity contribution in [2.24, 2.45) is 7.05 Å². The topological polar surface area (TPSA) is 80.6 Å². The zero-order valence-corrected chi connectivity index (χ0v) is 18.0. The Morgan fingerprint density at radius 1 is 1.13 bits per heavy atom. The summed E-state index contributed by atoms with van der Waals surface area (Å²) in [6.07, 6.45) is 8.32. The smallest absolute Gasteiger partial charge is 0.274 e. The van der Waals surface area contributed by atoms with Crippen LogP contribution in [0.3, 0.4) is 0 Å². The summed E-state index contributed by atoms with van der Waals surface area (Å²) in [6.45, 7) is 3.43. The van der Waals surface area contributed by atoms with Gasteiger partial charge in [-0.2, -0.15) is 5.10 Å². The highest BCUT2D eigenvalue weighted by atomic mass is 16.5. The van der Waals surface area contributed by atoms with Gasteiger partial charge in [-0.1, -0.05) is 6.07 Å². The number of hydrogen-bond donors (Lipinski definition) is 0. The first-order chi connectivity index (χ1) is 15.0. The van der Waals surface area contributed by atoms with Crippen LogP contribution in [0.15, 0.2) is 24.5 Å². The molecule has 0 N–H and O–H groups in total. The number of carbonyl (C=O) groups is 2. The minimum atomic E-state index is -0.278. The van der Waals surface area contributed by atoms with E-state index in [0.29, 0.717) is 31.8 Å². The Bertz CT molecular complexity index is 973. The van der Waals surface area contributed by atoms with Crippen LogP contribution in [0.4, 0.5) is 0 Å². The van der Waals surface area contributed by atoms with E-state index in [1.807, 2.05) is 33.7 Å². The van der Waals surface area contributed by atoms with E-state index in [0.717, 1.165) is 62.0 Å². The molecule has 1 spiro atoms. The number of rotatable bonds is 3. The van der Waals surface area contributed by atoms with Crippen LogP contribution in [0.5, 0.6) is 0 Å². The number of fused-ring (bicyclic) bond motifs is 1. The third kappa shape index (κ3) is 3.84. The summed E-state index contributed by atoms with van der Waals surface area (Å²) in [4.78, 5) is 33.5. The monoisotopic (exact) mass is 423 g/mol. The average Bonchev–Trinajstić information content (AvgIpc) is 3.43. The number of ether oxygens (including phenoxy) is 1. The van der Waals surface area contributed by atoms with Crippen LogP contribution in [0.1, 0.15) is 53.0 Å². The van der Waals surface area contributed by atoms with Gasteiger partial charge in [0, 0.05) is 63.3 Å². The van der Waals surface area contributed by atoms with Gasteiger partial charge in [-0.25, -0.2) is 0 Å². The Balaban J connectivity index is 1.25. The van der Waals surface area contributed by atoms with E-state index in [1.54, 1.807) is 12.4 Å². The van der Waals surface area contributed by atoms with Gasteiger partial charge in [0.1, 0.15) is 0 Å². The number of likely N-dealkylation sites (tertiary alicyclic amines) is 2. The predicted molar refractivity (Wildman–Crippen MR) is 113 cm³/mol. The van der Waals surface area contributed by atoms with Crippen molar-refractivity contribution in [3.63, 3.8) is 0 Å². The number of amides is 2. The van der Waals surface area contributed by atoms with E-state index >= 15 is 0 Å². The highest BCUT2D eigenvalue weighted by Crippen LogP contribution is 2.37. The molecule has 2 saturated heterocycles. The second-order valence-corrected chi connectivity index (χ2v) is 8.96. The van der Waals surface area contributed by atoms with Gasteiger partial charge in [-0.05, 0) is 37.3 Å². The third-order valence-corrected chi connectivity index (χ3v) is 6.99. The highest BCUT2D eigenvalue weighted by molar-refractivity contribution is 5.94. The molecular formula is C23H29N5O3. The molecule has 2 aromatic heterocycles. The minimum absolute atomic E-state index is 0.0321. The first-order valence-corrected chi connectivity index (χ1v) is 11.2. The molecule has 3 aliphatic heterocycles. The lowest BCUT2D eigenvalue weighted by Crippen LogP contribution is -2.51. The number of pyridine rings is 1. The maximum atomic E-state index is 12.9. The van der Waals surface area contributed by atoms with Crippen LogP contribution in [-0.2, 0) is 36.0 Å². The van der Waals surface area contributed by atoms with Crippen molar-refractivity contribution in [3.8, 4) is 0 Å². The number of piperidine rings is 1. The third-order valence-electron chi connectivity index (χ3n) is 6.99. The summed E-state index contributed by atoms with van der Waals surface area (Å²) in [6, 6.07) is 3.80. The zero-order valence-electron chi connectivity index (χ0n) is 18.0. The van der Waals surface area contributed by atoms with Crippen LogP contribution in [0.2, 0.25) is 0 Å². The second kappa shape index (κ2) is 8.07. The molecule has 2 amide bonds. The molecule has 8 nitrogen and oxygen atoms in total. The van der Waals surface area contributed by atoms with Gasteiger partial charge < -0.3 is 14.5 Å². The molecule has 0 unspecified atom stereocenters. The van der Waals surface area contributed by atoms with Crippen molar-refractivity contribution >= 4 is 11.8 Å². The molecule has 5 heterocycles. The summed E-state index contributed by atoms with van der Waals surface area (Å²) in [7, 11) is 1.92. The largest absolute Gasteiger partial charge is 0.370 e. The summed E-state index contributed by atoms with van der Waals surface area (Å²) < 4.78 is 8.24. The van der Waals surface area contributed by atoms with E-state index in [-0.39, 0.29) is 17.4 Å². The van der Waals surface area contributed by atoms with Crippen molar-refractivity contribution < 1.29 is 14.3 Å². The number of hydrogen-bond acceptors (Lipinski definition) is 5. The van der Waals surface area contributed by atoms with Crippen molar-refractivity contribution in [2.75, 3.05) is 26.2 Å². The molecule has 0 radical (unpaired) electrons. The Kier molecular flexibility index (Phi) is 5.25. The average molecular weight is 424 g/mol. The molecular weight excluding hydrogens is 394 g/mol. The number of aryl methyl sites for hydroxylation is 1. The predicted octanol–water partition coefficient (Wildman–Crippen LogP) is 1.73. The van der Waals surface area contributed by atoms with Gasteiger partial charge in [0.05, 0.1) is 18.6 Å². The highest BCUT2D eigenvalue weighted by Gasteiger charge is 2.42. The molecule has 0 bridgehead atoms. The quantitative estimate of drug-likeness (QED) is 0.751. The molecule has 5 rings (SSSR count). The van der Waals surface area contributed by atoms with Crippen LogP contribution in [0, 0.1) is 0 Å². The zero-order chi connectivity index (χ0) is 21.4. The van der Waals surface area contributed by atoms with Crippen LogP contribution >= 0.6 is 0 Å². The molecule has 0 saturated carbocycles. The van der Waals surface area contributed by atoms with Gasteiger partial charge in [-0.15, -0.1) is 0 Å². The molecule has 0 aromatic carbocycles. The summed E-state index contributed by atoms with van der Waals surface area (Å²) in [5.41, 5.74) is 3.26. The maximum absolute atomic E-state index is 12.9. The van der Waals surface area contributed by atoms with Crippen molar-refractivity contribution in [1.82, 2.24) is 24.6 Å². The SMILES string of the molecule is Cn1nc(C(=O)N2CCCC2)c2c1CC1(CCN(C(=O)Cc3cccnc3)CC1)OC2. The van der Waals surface area contributed by atoms with Crippen LogP contribution in [-0.4, -0.2) is 68.2 Å². The summed E-state index contributed by atoms with van der Waals surface area (Å²) >= 11 is 0. The van der Waals surface area contributed by atoms with Gasteiger partial charge in [0.2, 0.25) is 5.91 Å². The molecule has 0 atom stereocenters. The molecule has 164 valence electrons. The molecule has 0 aliphatic carbocycles. The number of nitrogens with zero attached hydrogens (tertiary/aromatic N) is 5. The summed E-state index contributed by atoms with van der Waals surface area (Å²) in [5, 5.41) is 4.58. The Morgan fingerprint density at radius 2 is 1.90 bits per heavy atom. The fraction of sp³-hybridized carbons (Fsp3) is 0.565. The van der Waals surface area contributed by atoms with Crippen molar-refractivity contribution in [1.29, 1.82) is 0 Å². The Morgan fingerprint density at radius 3 is 2.61 bits per heavy atom. The normalized spacial score (nSPS) is 20.2. The Hall–Kier alpha value is -2.74. The summed E-state index contributed by atoms with van der Waals surface area (Å²) in [5.74, 6) is 0.170. The lowest BCUT2D eigenvalue weighted by molar-refractivity contribution is -0.140. The second-order valence-electron chi connectivity index (χ2n) is 8.96.